The maximum absolute atomic E-state index is 8.80. The van der Waals surface area contributed by atoms with Crippen molar-refractivity contribution >= 4 is 6.08 Å². The standard InChI is InChI=1S/C11H14N2.C11H14/c1-8-5-6-10(11(2,3)4)13-9(8)7-12;1-5-11-9(3)6-8(2)7-10(11)4/h5-6H,1-4H3;5-7H,1H2,2-4H3. The molecule has 0 aliphatic carbocycles. The molecular formula is C22H28N2. The van der Waals surface area contributed by atoms with Gasteiger partial charge >= 0.3 is 0 Å². The van der Waals surface area contributed by atoms with E-state index in [1.54, 1.807) is 0 Å². The van der Waals surface area contributed by atoms with Crippen LogP contribution in [0.2, 0.25) is 0 Å². The topological polar surface area (TPSA) is 36.7 Å². The van der Waals surface area contributed by atoms with E-state index in [4.69, 9.17) is 5.26 Å². The summed E-state index contributed by atoms with van der Waals surface area (Å²) in [5.41, 5.74) is 7.69. The van der Waals surface area contributed by atoms with Crippen LogP contribution in [0, 0.1) is 39.0 Å². The number of aryl methyl sites for hydroxylation is 4. The Morgan fingerprint density at radius 2 is 1.54 bits per heavy atom. The molecule has 0 radical (unpaired) electrons. The van der Waals surface area contributed by atoms with Gasteiger partial charge < -0.3 is 0 Å². The van der Waals surface area contributed by atoms with Gasteiger partial charge in [-0.2, -0.15) is 5.26 Å². The number of nitriles is 1. The normalized spacial score (nSPS) is 10.4. The van der Waals surface area contributed by atoms with E-state index in [1.165, 1.54) is 22.3 Å². The van der Waals surface area contributed by atoms with Crippen LogP contribution in [0.3, 0.4) is 0 Å². The summed E-state index contributed by atoms with van der Waals surface area (Å²) < 4.78 is 0. The maximum Gasteiger partial charge on any atom is 0.143 e. The zero-order chi connectivity index (χ0) is 18.5. The van der Waals surface area contributed by atoms with Gasteiger partial charge in [0.15, 0.2) is 0 Å². The fourth-order valence-corrected chi connectivity index (χ4v) is 2.57. The predicted molar refractivity (Wildman–Crippen MR) is 103 cm³/mol. The molecule has 0 bridgehead atoms. The van der Waals surface area contributed by atoms with E-state index in [0.29, 0.717) is 5.69 Å². The summed E-state index contributed by atoms with van der Waals surface area (Å²) in [7, 11) is 0. The molecule has 0 fully saturated rings. The molecule has 2 rings (SSSR count). The Bertz CT molecular complexity index is 749. The van der Waals surface area contributed by atoms with Crippen LogP contribution in [0.25, 0.3) is 6.08 Å². The van der Waals surface area contributed by atoms with Gasteiger partial charge in [0.1, 0.15) is 11.8 Å². The average molecular weight is 320 g/mol. The number of hydrogen-bond acceptors (Lipinski definition) is 2. The van der Waals surface area contributed by atoms with Crippen LogP contribution in [0.4, 0.5) is 0 Å². The summed E-state index contributed by atoms with van der Waals surface area (Å²) >= 11 is 0. The Balaban J connectivity index is 0.000000243. The first-order chi connectivity index (χ1) is 11.1. The molecule has 1 heterocycles. The molecule has 0 N–H and O–H groups in total. The molecule has 0 amide bonds. The van der Waals surface area contributed by atoms with E-state index in [0.717, 1.165) is 11.3 Å². The summed E-state index contributed by atoms with van der Waals surface area (Å²) in [6.07, 6.45) is 1.92. The lowest BCUT2D eigenvalue weighted by molar-refractivity contribution is 0.568. The van der Waals surface area contributed by atoms with Crippen molar-refractivity contribution in [2.24, 2.45) is 0 Å². The number of hydrogen-bond donors (Lipinski definition) is 0. The first kappa shape index (κ1) is 19.6. The van der Waals surface area contributed by atoms with Gasteiger partial charge in [0.25, 0.3) is 0 Å². The summed E-state index contributed by atoms with van der Waals surface area (Å²) in [6, 6.07) is 10.4. The van der Waals surface area contributed by atoms with E-state index >= 15 is 0 Å². The molecule has 0 atom stereocenters. The van der Waals surface area contributed by atoms with Crippen LogP contribution in [0.5, 0.6) is 0 Å². The molecule has 0 aliphatic heterocycles. The molecule has 2 heteroatoms. The van der Waals surface area contributed by atoms with Crippen molar-refractivity contribution < 1.29 is 0 Å². The summed E-state index contributed by atoms with van der Waals surface area (Å²) in [4.78, 5) is 4.30. The highest BCUT2D eigenvalue weighted by molar-refractivity contribution is 5.56. The van der Waals surface area contributed by atoms with E-state index in [1.807, 2.05) is 25.1 Å². The summed E-state index contributed by atoms with van der Waals surface area (Å²) in [5, 5.41) is 8.80. The monoisotopic (exact) mass is 320 g/mol. The van der Waals surface area contributed by atoms with Crippen molar-refractivity contribution in [1.82, 2.24) is 4.98 Å². The average Bonchev–Trinajstić information content (AvgIpc) is 2.46. The lowest BCUT2D eigenvalue weighted by Crippen LogP contribution is -2.14. The van der Waals surface area contributed by atoms with Crippen molar-refractivity contribution in [3.05, 3.63) is 70.0 Å². The van der Waals surface area contributed by atoms with E-state index in [-0.39, 0.29) is 5.41 Å². The number of nitrogens with zero attached hydrogens (tertiary/aromatic N) is 2. The third-order valence-corrected chi connectivity index (χ3v) is 3.91. The number of benzene rings is 1. The van der Waals surface area contributed by atoms with Crippen LogP contribution in [-0.2, 0) is 5.41 Å². The minimum Gasteiger partial charge on any atom is -0.241 e. The highest BCUT2D eigenvalue weighted by atomic mass is 14.7. The van der Waals surface area contributed by atoms with Gasteiger partial charge in [-0.15, -0.1) is 0 Å². The van der Waals surface area contributed by atoms with Gasteiger partial charge in [0.05, 0.1) is 0 Å². The lowest BCUT2D eigenvalue weighted by atomic mass is 9.91. The second-order valence-electron chi connectivity index (χ2n) is 7.24. The third-order valence-electron chi connectivity index (χ3n) is 3.91. The van der Waals surface area contributed by atoms with Crippen LogP contribution < -0.4 is 0 Å². The minimum atomic E-state index is 0.0132. The maximum atomic E-state index is 8.80. The van der Waals surface area contributed by atoms with Crippen LogP contribution in [-0.4, -0.2) is 4.98 Å². The SMILES string of the molecule is C=Cc1c(C)cc(C)cc1C.Cc1ccc(C(C)(C)C)nc1C#N. The Kier molecular flexibility index (Phi) is 6.49. The number of aromatic nitrogens is 1. The van der Waals surface area contributed by atoms with E-state index in [2.05, 4.69) is 71.3 Å². The van der Waals surface area contributed by atoms with Crippen molar-refractivity contribution in [2.75, 3.05) is 0 Å². The minimum absolute atomic E-state index is 0.0132. The van der Waals surface area contributed by atoms with Gasteiger partial charge in [-0.3, -0.25) is 0 Å². The first-order valence-electron chi connectivity index (χ1n) is 8.18. The van der Waals surface area contributed by atoms with Crippen LogP contribution in [0.1, 0.15) is 60.0 Å². The van der Waals surface area contributed by atoms with Crippen molar-refractivity contribution in [3.8, 4) is 6.07 Å². The fraction of sp³-hybridized carbons (Fsp3) is 0.364. The Morgan fingerprint density at radius 1 is 1.00 bits per heavy atom. The van der Waals surface area contributed by atoms with Crippen molar-refractivity contribution in [2.45, 2.75) is 53.9 Å². The molecule has 2 nitrogen and oxygen atoms in total. The highest BCUT2D eigenvalue weighted by Crippen LogP contribution is 2.21. The molecule has 1 aromatic heterocycles. The van der Waals surface area contributed by atoms with Gasteiger partial charge in [-0.1, -0.05) is 57.2 Å². The molecular weight excluding hydrogens is 292 g/mol. The highest BCUT2D eigenvalue weighted by Gasteiger charge is 2.16. The van der Waals surface area contributed by atoms with Crippen molar-refractivity contribution in [1.29, 1.82) is 5.26 Å². The van der Waals surface area contributed by atoms with Crippen molar-refractivity contribution in [3.63, 3.8) is 0 Å². The zero-order valence-electron chi connectivity index (χ0n) is 16.0. The Labute approximate surface area is 146 Å². The summed E-state index contributed by atoms with van der Waals surface area (Å²) in [5.74, 6) is 0. The molecule has 1 aromatic carbocycles. The smallest absolute Gasteiger partial charge is 0.143 e. The lowest BCUT2D eigenvalue weighted by Gasteiger charge is -2.17. The Morgan fingerprint density at radius 3 is 1.96 bits per heavy atom. The zero-order valence-corrected chi connectivity index (χ0v) is 16.0. The molecule has 126 valence electrons. The van der Waals surface area contributed by atoms with E-state index in [9.17, 15) is 0 Å². The molecule has 0 saturated carbocycles. The fourth-order valence-electron chi connectivity index (χ4n) is 2.57. The molecule has 0 unspecified atom stereocenters. The summed E-state index contributed by atoms with van der Waals surface area (Å²) in [6.45, 7) is 18.3. The molecule has 0 spiro atoms. The molecule has 0 saturated heterocycles. The number of rotatable bonds is 1. The third kappa shape index (κ3) is 5.06. The van der Waals surface area contributed by atoms with Gasteiger partial charge in [-0.05, 0) is 56.0 Å². The first-order valence-corrected chi connectivity index (χ1v) is 8.18. The van der Waals surface area contributed by atoms with Gasteiger partial charge in [0.2, 0.25) is 0 Å². The van der Waals surface area contributed by atoms with Gasteiger partial charge in [-0.25, -0.2) is 4.98 Å². The second kappa shape index (κ2) is 7.93. The van der Waals surface area contributed by atoms with Crippen LogP contribution in [0.15, 0.2) is 30.8 Å². The predicted octanol–water partition coefficient (Wildman–Crippen LogP) is 5.81. The quantitative estimate of drug-likeness (QED) is 0.664. The van der Waals surface area contributed by atoms with E-state index < -0.39 is 0 Å². The van der Waals surface area contributed by atoms with Gasteiger partial charge in [0, 0.05) is 11.1 Å². The number of pyridine rings is 1. The second-order valence-corrected chi connectivity index (χ2v) is 7.24. The molecule has 2 aromatic rings. The molecule has 24 heavy (non-hydrogen) atoms. The Hall–Kier alpha value is -2.40. The molecule has 0 aliphatic rings. The largest absolute Gasteiger partial charge is 0.241 e. The van der Waals surface area contributed by atoms with Crippen LogP contribution >= 0.6 is 0 Å².